The van der Waals surface area contributed by atoms with Gasteiger partial charge >= 0.3 is 0 Å². The largest absolute Gasteiger partial charge is 0.302 e. The Morgan fingerprint density at radius 1 is 1.00 bits per heavy atom. The smallest absolute Gasteiger partial charge is 0.176 e. The second-order valence-electron chi connectivity index (χ2n) is 8.49. The zero-order chi connectivity index (χ0) is 18.0. The molecule has 5 nitrogen and oxygen atoms in total. The van der Waals surface area contributed by atoms with Crippen molar-refractivity contribution in [2.24, 2.45) is 5.92 Å². The first-order valence-electron chi connectivity index (χ1n) is 10.3. The van der Waals surface area contributed by atoms with Gasteiger partial charge in [0.1, 0.15) is 0 Å². The number of aryl methyl sites for hydroxylation is 1. The third-order valence-electron chi connectivity index (χ3n) is 6.39. The summed E-state index contributed by atoms with van der Waals surface area (Å²) < 4.78 is 1.96. The zero-order valence-corrected chi connectivity index (χ0v) is 16.1. The van der Waals surface area contributed by atoms with E-state index in [1.165, 1.54) is 50.5 Å². The Morgan fingerprint density at radius 3 is 2.38 bits per heavy atom. The Balaban J connectivity index is 1.68. The van der Waals surface area contributed by atoms with Gasteiger partial charge in [-0.25, -0.2) is 0 Å². The van der Waals surface area contributed by atoms with Gasteiger partial charge in [0.2, 0.25) is 0 Å². The van der Waals surface area contributed by atoms with E-state index in [9.17, 15) is 0 Å². The minimum Gasteiger partial charge on any atom is -0.302 e. The summed E-state index contributed by atoms with van der Waals surface area (Å²) in [5, 5.41) is 17.0. The van der Waals surface area contributed by atoms with Gasteiger partial charge in [-0.1, -0.05) is 43.9 Å². The summed E-state index contributed by atoms with van der Waals surface area (Å²) in [4.78, 5) is 0. The lowest BCUT2D eigenvalue weighted by Gasteiger charge is -2.42. The van der Waals surface area contributed by atoms with Crippen LogP contribution in [-0.2, 0) is 5.54 Å². The van der Waals surface area contributed by atoms with Crippen molar-refractivity contribution < 1.29 is 0 Å². The second-order valence-corrected chi connectivity index (χ2v) is 8.49. The molecule has 0 saturated heterocycles. The molecule has 2 fully saturated rings. The maximum atomic E-state index is 4.54. The van der Waals surface area contributed by atoms with Crippen LogP contribution in [0.2, 0.25) is 0 Å². The van der Waals surface area contributed by atoms with E-state index in [2.05, 4.69) is 59.0 Å². The molecule has 140 valence electrons. The van der Waals surface area contributed by atoms with E-state index in [1.54, 1.807) is 0 Å². The molecule has 2 aliphatic rings. The normalized spacial score (nSPS) is 27.5. The lowest BCUT2D eigenvalue weighted by molar-refractivity contribution is 0.150. The molecule has 0 radical (unpaired) electrons. The monoisotopic (exact) mass is 353 g/mol. The van der Waals surface area contributed by atoms with Crippen LogP contribution in [0.3, 0.4) is 0 Å². The number of aromatic nitrogens is 4. The van der Waals surface area contributed by atoms with Crippen LogP contribution in [0.1, 0.15) is 76.1 Å². The third-order valence-corrected chi connectivity index (χ3v) is 6.39. The summed E-state index contributed by atoms with van der Waals surface area (Å²) in [5.41, 5.74) is 2.21. The second kappa shape index (κ2) is 7.47. The van der Waals surface area contributed by atoms with Gasteiger partial charge in [-0.15, -0.1) is 5.10 Å². The van der Waals surface area contributed by atoms with Crippen molar-refractivity contribution in [3.63, 3.8) is 0 Å². The van der Waals surface area contributed by atoms with E-state index in [-0.39, 0.29) is 5.54 Å². The van der Waals surface area contributed by atoms with Gasteiger partial charge in [0.15, 0.2) is 5.82 Å². The van der Waals surface area contributed by atoms with Crippen LogP contribution in [0.5, 0.6) is 0 Å². The van der Waals surface area contributed by atoms with Gasteiger partial charge in [0, 0.05) is 6.04 Å². The number of hydrogen-bond donors (Lipinski definition) is 1. The molecule has 0 atom stereocenters. The number of nitrogens with zero attached hydrogens (tertiary/aromatic N) is 4. The zero-order valence-electron chi connectivity index (χ0n) is 16.1. The molecule has 0 unspecified atom stereocenters. The molecule has 2 saturated carbocycles. The highest BCUT2D eigenvalue weighted by molar-refractivity contribution is 5.35. The van der Waals surface area contributed by atoms with Crippen molar-refractivity contribution in [1.82, 2.24) is 25.5 Å². The average Bonchev–Trinajstić information content (AvgIpc) is 3.16. The fraction of sp³-hybridized carbons (Fsp3) is 0.667. The van der Waals surface area contributed by atoms with Crippen LogP contribution in [0, 0.1) is 12.8 Å². The Kier molecular flexibility index (Phi) is 5.07. The summed E-state index contributed by atoms with van der Waals surface area (Å²) in [5.74, 6) is 1.79. The molecular formula is C21H31N5. The molecule has 2 aliphatic carbocycles. The highest BCUT2D eigenvalue weighted by atomic mass is 15.6. The van der Waals surface area contributed by atoms with E-state index in [4.69, 9.17) is 0 Å². The molecule has 5 heteroatoms. The first-order chi connectivity index (χ1) is 12.7. The first-order valence-corrected chi connectivity index (χ1v) is 10.3. The van der Waals surface area contributed by atoms with Crippen LogP contribution >= 0.6 is 0 Å². The Bertz CT molecular complexity index is 706. The Morgan fingerprint density at radius 2 is 1.69 bits per heavy atom. The van der Waals surface area contributed by atoms with Crippen molar-refractivity contribution in [2.75, 3.05) is 0 Å². The molecule has 0 bridgehead atoms. The average molecular weight is 354 g/mol. The number of nitrogens with one attached hydrogen (secondary N) is 1. The molecule has 4 rings (SSSR count). The van der Waals surface area contributed by atoms with Crippen LogP contribution in [0.15, 0.2) is 24.3 Å². The van der Waals surface area contributed by atoms with Gasteiger partial charge in [-0.2, -0.15) is 4.68 Å². The predicted molar refractivity (Wildman–Crippen MR) is 103 cm³/mol. The number of hydrogen-bond acceptors (Lipinski definition) is 4. The highest BCUT2D eigenvalue weighted by Gasteiger charge is 2.42. The summed E-state index contributed by atoms with van der Waals surface area (Å²) in [6.07, 6.45) is 11.3. The van der Waals surface area contributed by atoms with Gasteiger partial charge < -0.3 is 5.32 Å². The van der Waals surface area contributed by atoms with Gasteiger partial charge in [-0.05, 0) is 73.9 Å². The van der Waals surface area contributed by atoms with E-state index < -0.39 is 0 Å². The van der Waals surface area contributed by atoms with E-state index in [0.717, 1.165) is 30.3 Å². The maximum Gasteiger partial charge on any atom is 0.176 e. The summed E-state index contributed by atoms with van der Waals surface area (Å²) in [7, 11) is 0. The molecule has 1 N–H and O–H groups in total. The molecule has 1 aromatic carbocycles. The minimum absolute atomic E-state index is 0.0943. The van der Waals surface area contributed by atoms with Gasteiger partial charge in [-0.3, -0.25) is 0 Å². The maximum absolute atomic E-state index is 4.54. The molecule has 0 amide bonds. The minimum atomic E-state index is -0.0943. The van der Waals surface area contributed by atoms with Crippen molar-refractivity contribution >= 4 is 0 Å². The lowest BCUT2D eigenvalue weighted by Crippen LogP contribution is -2.52. The van der Waals surface area contributed by atoms with E-state index in [1.807, 2.05) is 4.68 Å². The van der Waals surface area contributed by atoms with Crippen LogP contribution < -0.4 is 5.32 Å². The topological polar surface area (TPSA) is 55.6 Å². The van der Waals surface area contributed by atoms with Crippen LogP contribution in [-0.4, -0.2) is 26.2 Å². The van der Waals surface area contributed by atoms with Crippen molar-refractivity contribution in [1.29, 1.82) is 0 Å². The Labute approximate surface area is 156 Å². The van der Waals surface area contributed by atoms with Crippen LogP contribution in [0.4, 0.5) is 0 Å². The van der Waals surface area contributed by atoms with Gasteiger partial charge in [0.25, 0.3) is 0 Å². The first kappa shape index (κ1) is 17.7. The van der Waals surface area contributed by atoms with E-state index in [0.29, 0.717) is 6.04 Å². The summed E-state index contributed by atoms with van der Waals surface area (Å²) >= 11 is 0. The molecule has 1 heterocycles. The number of benzene rings is 1. The molecule has 1 aromatic heterocycles. The van der Waals surface area contributed by atoms with Crippen molar-refractivity contribution in [3.8, 4) is 5.69 Å². The highest BCUT2D eigenvalue weighted by Crippen LogP contribution is 2.40. The number of rotatable bonds is 4. The van der Waals surface area contributed by atoms with Crippen LogP contribution in [0.25, 0.3) is 5.69 Å². The molecular weight excluding hydrogens is 322 g/mol. The molecule has 0 spiro atoms. The van der Waals surface area contributed by atoms with E-state index >= 15 is 0 Å². The number of tetrazole rings is 1. The lowest BCUT2D eigenvalue weighted by atomic mass is 9.75. The van der Waals surface area contributed by atoms with Crippen molar-refractivity contribution in [2.45, 2.75) is 83.2 Å². The predicted octanol–water partition coefficient (Wildman–Crippen LogP) is 4.30. The van der Waals surface area contributed by atoms with Gasteiger partial charge in [0.05, 0.1) is 11.2 Å². The summed E-state index contributed by atoms with van der Waals surface area (Å²) in [6.45, 7) is 4.48. The molecule has 2 aromatic rings. The SMILES string of the molecule is Cc1ccc(-n2nnnc2C2(NC3CCCCC3)CCC(C)CC2)cc1. The fourth-order valence-corrected chi connectivity index (χ4v) is 4.67. The molecule has 26 heavy (non-hydrogen) atoms. The quantitative estimate of drug-likeness (QED) is 0.890. The fourth-order valence-electron chi connectivity index (χ4n) is 4.67. The Hall–Kier alpha value is -1.75. The third kappa shape index (κ3) is 3.54. The van der Waals surface area contributed by atoms with Crippen molar-refractivity contribution in [3.05, 3.63) is 35.7 Å². The summed E-state index contributed by atoms with van der Waals surface area (Å²) in [6, 6.07) is 9.10. The molecule has 0 aliphatic heterocycles. The standard InChI is InChI=1S/C21H31N5/c1-16-8-10-19(11-9-16)26-20(23-24-25-26)21(14-12-17(2)13-15-21)22-18-6-4-3-5-7-18/h8-11,17-18,22H,3-7,12-15H2,1-2H3.